The first-order valence-electron chi connectivity index (χ1n) is 4.24. The van der Waals surface area contributed by atoms with Crippen LogP contribution in [0.15, 0.2) is 0 Å². The Labute approximate surface area is 67.9 Å². The number of hydrogen-bond acceptors (Lipinski definition) is 2. The Morgan fingerprint density at radius 3 is 2.64 bits per heavy atom. The zero-order chi connectivity index (χ0) is 8.48. The summed E-state index contributed by atoms with van der Waals surface area (Å²) in [4.78, 5) is 10.8. The fourth-order valence-corrected chi connectivity index (χ4v) is 1.75. The van der Waals surface area contributed by atoms with Crippen LogP contribution in [0.4, 0.5) is 0 Å². The lowest BCUT2D eigenvalue weighted by atomic mass is 9.92. The van der Waals surface area contributed by atoms with Gasteiger partial charge < -0.3 is 4.74 Å². The molecular weight excluding hydrogens is 140 g/mol. The van der Waals surface area contributed by atoms with Crippen LogP contribution in [0.5, 0.6) is 0 Å². The average Bonchev–Trinajstić information content (AvgIpc) is 2.08. The van der Waals surface area contributed by atoms with Crippen LogP contribution < -0.4 is 0 Å². The highest BCUT2D eigenvalue weighted by molar-refractivity contribution is 5.72. The molecule has 0 aromatic carbocycles. The first-order valence-corrected chi connectivity index (χ1v) is 4.24. The molecule has 64 valence electrons. The van der Waals surface area contributed by atoms with Gasteiger partial charge >= 0.3 is 5.97 Å². The Kier molecular flexibility index (Phi) is 2.21. The van der Waals surface area contributed by atoms with E-state index < -0.39 is 0 Å². The van der Waals surface area contributed by atoms with E-state index in [-0.39, 0.29) is 11.6 Å². The van der Waals surface area contributed by atoms with Crippen molar-refractivity contribution in [3.8, 4) is 0 Å². The van der Waals surface area contributed by atoms with Crippen molar-refractivity contribution in [2.45, 2.75) is 45.6 Å². The lowest BCUT2D eigenvalue weighted by Gasteiger charge is -2.24. The average molecular weight is 156 g/mol. The molecule has 1 saturated heterocycles. The topological polar surface area (TPSA) is 26.3 Å². The summed E-state index contributed by atoms with van der Waals surface area (Å²) in [6.07, 6.45) is 2.48. The molecule has 0 amide bonds. The second-order valence-corrected chi connectivity index (χ2v) is 4.02. The van der Waals surface area contributed by atoms with Crippen LogP contribution in [0.3, 0.4) is 0 Å². The number of rotatable bonds is 2. The van der Waals surface area contributed by atoms with Gasteiger partial charge in [0.05, 0.1) is 0 Å². The normalized spacial score (nSPS) is 31.1. The maximum Gasteiger partial charge on any atom is 0.306 e. The number of carbonyl (C=O) groups is 1. The van der Waals surface area contributed by atoms with Gasteiger partial charge in [-0.25, -0.2) is 0 Å². The molecule has 1 heterocycles. The SMILES string of the molecule is CC(C)CC1(C)CCC(=O)O1. The molecular formula is C9H16O2. The third-order valence-electron chi connectivity index (χ3n) is 2.06. The molecule has 1 rings (SSSR count). The number of cyclic esters (lactones) is 1. The minimum absolute atomic E-state index is 0.0341. The summed E-state index contributed by atoms with van der Waals surface area (Å²) in [7, 11) is 0. The second kappa shape index (κ2) is 2.84. The van der Waals surface area contributed by atoms with Crippen molar-refractivity contribution in [3.05, 3.63) is 0 Å². The third kappa shape index (κ3) is 2.21. The van der Waals surface area contributed by atoms with Gasteiger partial charge in [0.1, 0.15) is 5.60 Å². The fraction of sp³-hybridized carbons (Fsp3) is 0.889. The molecule has 2 nitrogen and oxygen atoms in total. The predicted octanol–water partition coefficient (Wildman–Crippen LogP) is 2.13. The van der Waals surface area contributed by atoms with Gasteiger partial charge in [0.25, 0.3) is 0 Å². The Balaban J connectivity index is 2.48. The Bertz CT molecular complexity index is 163. The zero-order valence-electron chi connectivity index (χ0n) is 7.52. The van der Waals surface area contributed by atoms with Crippen molar-refractivity contribution in [1.29, 1.82) is 0 Å². The molecule has 0 saturated carbocycles. The largest absolute Gasteiger partial charge is 0.459 e. The van der Waals surface area contributed by atoms with E-state index in [1.807, 2.05) is 6.92 Å². The summed E-state index contributed by atoms with van der Waals surface area (Å²) in [6.45, 7) is 6.33. The quantitative estimate of drug-likeness (QED) is 0.572. The van der Waals surface area contributed by atoms with Crippen molar-refractivity contribution in [2.24, 2.45) is 5.92 Å². The summed E-state index contributed by atoms with van der Waals surface area (Å²) in [5.74, 6) is 0.569. The number of carbonyl (C=O) groups excluding carboxylic acids is 1. The molecule has 0 aromatic rings. The van der Waals surface area contributed by atoms with Crippen LogP contribution in [-0.2, 0) is 9.53 Å². The minimum atomic E-state index is -0.161. The van der Waals surface area contributed by atoms with Crippen LogP contribution in [0.2, 0.25) is 0 Å². The van der Waals surface area contributed by atoms with Gasteiger partial charge in [-0.15, -0.1) is 0 Å². The van der Waals surface area contributed by atoms with Gasteiger partial charge in [-0.2, -0.15) is 0 Å². The van der Waals surface area contributed by atoms with Crippen molar-refractivity contribution < 1.29 is 9.53 Å². The number of ether oxygens (including phenoxy) is 1. The van der Waals surface area contributed by atoms with Gasteiger partial charge in [-0.3, -0.25) is 4.79 Å². The number of esters is 1. The van der Waals surface area contributed by atoms with Crippen LogP contribution >= 0.6 is 0 Å². The summed E-state index contributed by atoms with van der Waals surface area (Å²) < 4.78 is 5.22. The molecule has 1 fully saturated rings. The molecule has 1 aliphatic heterocycles. The highest BCUT2D eigenvalue weighted by atomic mass is 16.6. The molecule has 0 spiro atoms. The molecule has 11 heavy (non-hydrogen) atoms. The first-order chi connectivity index (χ1) is 5.02. The van der Waals surface area contributed by atoms with E-state index in [1.165, 1.54) is 0 Å². The zero-order valence-corrected chi connectivity index (χ0v) is 7.52. The summed E-state index contributed by atoms with van der Waals surface area (Å²) >= 11 is 0. The van der Waals surface area contributed by atoms with Crippen LogP contribution in [0.25, 0.3) is 0 Å². The molecule has 1 aliphatic rings. The van der Waals surface area contributed by atoms with Crippen molar-refractivity contribution in [3.63, 3.8) is 0 Å². The van der Waals surface area contributed by atoms with Crippen LogP contribution in [0, 0.1) is 5.92 Å². The number of hydrogen-bond donors (Lipinski definition) is 0. The van der Waals surface area contributed by atoms with E-state index in [4.69, 9.17) is 4.74 Å². The predicted molar refractivity (Wildman–Crippen MR) is 43.2 cm³/mol. The van der Waals surface area contributed by atoms with Crippen LogP contribution in [0.1, 0.15) is 40.0 Å². The smallest absolute Gasteiger partial charge is 0.306 e. The second-order valence-electron chi connectivity index (χ2n) is 4.02. The molecule has 0 N–H and O–H groups in total. The molecule has 0 radical (unpaired) electrons. The lowest BCUT2D eigenvalue weighted by Crippen LogP contribution is -2.25. The molecule has 2 heteroatoms. The van der Waals surface area contributed by atoms with E-state index >= 15 is 0 Å². The van der Waals surface area contributed by atoms with E-state index in [1.54, 1.807) is 0 Å². The third-order valence-corrected chi connectivity index (χ3v) is 2.06. The fourth-order valence-electron chi connectivity index (χ4n) is 1.75. The molecule has 1 atom stereocenters. The Morgan fingerprint density at radius 2 is 2.27 bits per heavy atom. The standard InChI is InChI=1S/C9H16O2/c1-7(2)6-9(3)5-4-8(10)11-9/h7H,4-6H2,1-3H3. The van der Waals surface area contributed by atoms with Crippen molar-refractivity contribution in [2.75, 3.05) is 0 Å². The van der Waals surface area contributed by atoms with Gasteiger partial charge in [-0.1, -0.05) is 13.8 Å². The van der Waals surface area contributed by atoms with Crippen molar-refractivity contribution >= 4 is 5.97 Å². The molecule has 0 aliphatic carbocycles. The van der Waals surface area contributed by atoms with Gasteiger partial charge in [0.2, 0.25) is 0 Å². The van der Waals surface area contributed by atoms with E-state index in [0.717, 1.165) is 12.8 Å². The minimum Gasteiger partial charge on any atom is -0.459 e. The summed E-state index contributed by atoms with van der Waals surface area (Å²) in [5.41, 5.74) is -0.161. The van der Waals surface area contributed by atoms with E-state index in [2.05, 4.69) is 13.8 Å². The highest BCUT2D eigenvalue weighted by Crippen LogP contribution is 2.31. The van der Waals surface area contributed by atoms with Gasteiger partial charge in [0, 0.05) is 6.42 Å². The van der Waals surface area contributed by atoms with E-state index in [9.17, 15) is 4.79 Å². The maximum atomic E-state index is 10.8. The summed E-state index contributed by atoms with van der Waals surface area (Å²) in [6, 6.07) is 0. The lowest BCUT2D eigenvalue weighted by molar-refractivity contribution is -0.148. The monoisotopic (exact) mass is 156 g/mol. The molecule has 0 aromatic heterocycles. The maximum absolute atomic E-state index is 10.8. The van der Waals surface area contributed by atoms with Gasteiger partial charge in [-0.05, 0) is 25.7 Å². The summed E-state index contributed by atoms with van der Waals surface area (Å²) in [5, 5.41) is 0. The van der Waals surface area contributed by atoms with Crippen molar-refractivity contribution in [1.82, 2.24) is 0 Å². The highest BCUT2D eigenvalue weighted by Gasteiger charge is 2.35. The Morgan fingerprint density at radius 1 is 1.64 bits per heavy atom. The van der Waals surface area contributed by atoms with Gasteiger partial charge in [0.15, 0.2) is 0 Å². The molecule has 0 bridgehead atoms. The van der Waals surface area contributed by atoms with E-state index in [0.29, 0.717) is 12.3 Å². The molecule has 1 unspecified atom stereocenters. The van der Waals surface area contributed by atoms with Crippen LogP contribution in [-0.4, -0.2) is 11.6 Å². The first kappa shape index (κ1) is 8.57. The Hall–Kier alpha value is -0.530.